The predicted octanol–water partition coefficient (Wildman–Crippen LogP) is 1.73. The number of aromatic nitrogens is 1. The van der Waals surface area contributed by atoms with Gasteiger partial charge in [-0.25, -0.2) is 4.79 Å². The van der Waals surface area contributed by atoms with E-state index in [1.165, 1.54) is 7.11 Å². The summed E-state index contributed by atoms with van der Waals surface area (Å²) < 4.78 is 17.1. The maximum atomic E-state index is 12.6. The summed E-state index contributed by atoms with van der Waals surface area (Å²) in [6.07, 6.45) is -0.802. The van der Waals surface area contributed by atoms with Crippen LogP contribution >= 0.6 is 11.6 Å². The van der Waals surface area contributed by atoms with Crippen LogP contribution in [-0.4, -0.2) is 66.8 Å². The largest absolute Gasteiger partial charge is 0.480 e. The van der Waals surface area contributed by atoms with Gasteiger partial charge in [0.1, 0.15) is 6.10 Å². The lowest BCUT2D eigenvalue weighted by atomic mass is 10.1. The highest BCUT2D eigenvalue weighted by molar-refractivity contribution is 6.32. The Labute approximate surface area is 160 Å². The van der Waals surface area contributed by atoms with Gasteiger partial charge in [0.15, 0.2) is 16.8 Å². The smallest absolute Gasteiger partial charge is 0.332 e. The van der Waals surface area contributed by atoms with Crippen LogP contribution in [0.15, 0.2) is 39.6 Å². The summed E-state index contributed by atoms with van der Waals surface area (Å²) in [7, 11) is 1.41. The lowest BCUT2D eigenvalue weighted by Crippen LogP contribution is -2.47. The zero-order valence-corrected chi connectivity index (χ0v) is 15.6. The highest BCUT2D eigenvalue weighted by Crippen LogP contribution is 2.28. The Balaban J connectivity index is 1.94. The van der Waals surface area contributed by atoms with Crippen LogP contribution in [0.5, 0.6) is 0 Å². The van der Waals surface area contributed by atoms with E-state index >= 15 is 0 Å². The summed E-state index contributed by atoms with van der Waals surface area (Å²) in [5.74, 6) is -1.10. The molecule has 0 spiro atoms. The van der Waals surface area contributed by atoms with Crippen molar-refractivity contribution in [2.45, 2.75) is 12.1 Å². The molecule has 1 aliphatic heterocycles. The Morgan fingerprint density at radius 1 is 1.30 bits per heavy atom. The number of benzene rings is 1. The molecule has 2 aromatic rings. The minimum absolute atomic E-state index is 0.134. The number of nitrogens with zero attached hydrogens (tertiary/aromatic N) is 2. The molecule has 2 atom stereocenters. The van der Waals surface area contributed by atoms with E-state index in [2.05, 4.69) is 0 Å². The van der Waals surface area contributed by atoms with E-state index in [0.29, 0.717) is 38.4 Å². The summed E-state index contributed by atoms with van der Waals surface area (Å²) in [4.78, 5) is 26.6. The van der Waals surface area contributed by atoms with Crippen molar-refractivity contribution >= 4 is 17.6 Å². The molecule has 2 unspecified atom stereocenters. The first-order valence-electron chi connectivity index (χ1n) is 8.55. The molecule has 3 rings (SSSR count). The summed E-state index contributed by atoms with van der Waals surface area (Å²) in [5, 5.41) is 9.61. The van der Waals surface area contributed by atoms with Crippen molar-refractivity contribution in [1.29, 1.82) is 0 Å². The summed E-state index contributed by atoms with van der Waals surface area (Å²) in [6, 6.07) is 7.47. The first kappa shape index (κ1) is 19.6. The molecule has 1 N–H and O–H groups in total. The molecule has 0 saturated carbocycles. The van der Waals surface area contributed by atoms with E-state index in [1.54, 1.807) is 24.3 Å². The molecule has 0 radical (unpaired) electrons. The minimum atomic E-state index is -1.35. The van der Waals surface area contributed by atoms with Gasteiger partial charge >= 0.3 is 11.5 Å². The average molecular weight is 397 g/mol. The first-order valence-corrected chi connectivity index (χ1v) is 8.93. The van der Waals surface area contributed by atoms with Crippen LogP contribution in [0.3, 0.4) is 0 Å². The molecule has 1 aromatic carbocycles. The monoisotopic (exact) mass is 396 g/mol. The van der Waals surface area contributed by atoms with E-state index in [1.807, 2.05) is 11.0 Å². The Hall–Kier alpha value is -2.13. The molecular formula is C18H21ClN2O6. The van der Waals surface area contributed by atoms with Crippen molar-refractivity contribution in [3.05, 3.63) is 45.7 Å². The second-order valence-corrected chi connectivity index (χ2v) is 6.58. The van der Waals surface area contributed by atoms with Crippen LogP contribution in [0.2, 0.25) is 5.02 Å². The second-order valence-electron chi connectivity index (χ2n) is 6.20. The zero-order chi connectivity index (χ0) is 19.4. The highest BCUT2D eigenvalue weighted by atomic mass is 35.5. The van der Waals surface area contributed by atoms with E-state index in [9.17, 15) is 14.7 Å². The number of aliphatic carboxylic acids is 1. The third-order valence-electron chi connectivity index (χ3n) is 4.52. The third-order valence-corrected chi connectivity index (χ3v) is 4.85. The van der Waals surface area contributed by atoms with Gasteiger partial charge in [0.05, 0.1) is 13.2 Å². The van der Waals surface area contributed by atoms with Crippen LogP contribution in [0.25, 0.3) is 11.3 Å². The van der Waals surface area contributed by atoms with Crippen LogP contribution in [0, 0.1) is 0 Å². The molecule has 8 nitrogen and oxygen atoms in total. The van der Waals surface area contributed by atoms with Gasteiger partial charge in [-0.2, -0.15) is 4.74 Å². The minimum Gasteiger partial charge on any atom is -0.480 e. The lowest BCUT2D eigenvalue weighted by Gasteiger charge is -2.31. The van der Waals surface area contributed by atoms with E-state index in [0.717, 1.165) is 4.74 Å². The maximum Gasteiger partial charge on any atom is 0.332 e. The number of carboxylic acid groups (broad SMARTS) is 1. The van der Waals surface area contributed by atoms with Crippen molar-refractivity contribution in [3.63, 3.8) is 0 Å². The van der Waals surface area contributed by atoms with Gasteiger partial charge in [0.25, 0.3) is 0 Å². The molecule has 146 valence electrons. The number of methoxy groups -OCH3 is 1. The average Bonchev–Trinajstić information content (AvgIpc) is 2.97. The third kappa shape index (κ3) is 4.24. The number of carbonyl (C=O) groups is 1. The van der Waals surface area contributed by atoms with Gasteiger partial charge in [-0.3, -0.25) is 9.69 Å². The molecule has 1 saturated heterocycles. The van der Waals surface area contributed by atoms with Crippen molar-refractivity contribution in [1.82, 2.24) is 9.64 Å². The number of halogens is 1. The second kappa shape index (κ2) is 8.71. The van der Waals surface area contributed by atoms with Crippen molar-refractivity contribution in [3.8, 4) is 11.3 Å². The number of ether oxygens (including phenoxy) is 2. The van der Waals surface area contributed by atoms with Gasteiger partial charge in [0, 0.05) is 32.3 Å². The van der Waals surface area contributed by atoms with Gasteiger partial charge in [-0.15, -0.1) is 0 Å². The molecule has 0 amide bonds. The van der Waals surface area contributed by atoms with Crippen LogP contribution in [0.1, 0.15) is 6.04 Å². The van der Waals surface area contributed by atoms with Crippen LogP contribution < -0.4 is 5.56 Å². The normalized spacial score (nSPS) is 17.6. The number of carboxylic acids is 1. The fourth-order valence-corrected chi connectivity index (χ4v) is 3.30. The first-order chi connectivity index (χ1) is 13.0. The Kier molecular flexibility index (Phi) is 6.33. The fraction of sp³-hybridized carbons (Fsp3) is 0.444. The van der Waals surface area contributed by atoms with E-state index in [4.69, 9.17) is 25.6 Å². The lowest BCUT2D eigenvalue weighted by molar-refractivity contribution is -0.149. The molecule has 1 aromatic heterocycles. The molecule has 0 bridgehead atoms. The fourth-order valence-electron chi connectivity index (χ4n) is 3.08. The topological polar surface area (TPSA) is 94.1 Å². The zero-order valence-electron chi connectivity index (χ0n) is 14.8. The van der Waals surface area contributed by atoms with Crippen molar-refractivity contribution < 1.29 is 23.9 Å². The number of rotatable bonds is 7. The van der Waals surface area contributed by atoms with Gasteiger partial charge in [0.2, 0.25) is 0 Å². The van der Waals surface area contributed by atoms with Crippen LogP contribution in [-0.2, 0) is 14.3 Å². The van der Waals surface area contributed by atoms with Crippen molar-refractivity contribution in [2.75, 3.05) is 40.0 Å². The highest BCUT2D eigenvalue weighted by Gasteiger charge is 2.36. The van der Waals surface area contributed by atoms with Gasteiger partial charge in [-0.05, 0) is 0 Å². The molecular weight excluding hydrogens is 376 g/mol. The summed E-state index contributed by atoms with van der Waals surface area (Å²) in [6.45, 7) is 2.78. The number of hydrogen-bond donors (Lipinski definition) is 1. The Bertz CT molecular complexity index is 828. The summed E-state index contributed by atoms with van der Waals surface area (Å²) >= 11 is 6.15. The number of morpholine rings is 1. The van der Waals surface area contributed by atoms with Crippen molar-refractivity contribution in [2.24, 2.45) is 0 Å². The summed E-state index contributed by atoms with van der Waals surface area (Å²) in [5.41, 5.74) is -0.114. The van der Waals surface area contributed by atoms with Gasteiger partial charge in [-0.1, -0.05) is 41.9 Å². The molecule has 2 heterocycles. The maximum absolute atomic E-state index is 12.6. The quantitative estimate of drug-likeness (QED) is 0.761. The SMILES string of the molecule is COC(CN1CCOCC1)C(C(=O)O)n1oc(-c2ccccc2)c(Cl)c1=O. The molecule has 9 heteroatoms. The van der Waals surface area contributed by atoms with Crippen LogP contribution in [0.4, 0.5) is 0 Å². The molecule has 1 fully saturated rings. The molecule has 1 aliphatic rings. The van der Waals surface area contributed by atoms with E-state index < -0.39 is 23.7 Å². The Morgan fingerprint density at radius 2 is 1.96 bits per heavy atom. The Morgan fingerprint density at radius 3 is 2.56 bits per heavy atom. The van der Waals surface area contributed by atoms with E-state index in [-0.39, 0.29) is 10.8 Å². The predicted molar refractivity (Wildman–Crippen MR) is 98.1 cm³/mol. The van der Waals surface area contributed by atoms with Gasteiger partial charge < -0.3 is 19.1 Å². The number of hydrogen-bond acceptors (Lipinski definition) is 6. The molecule has 0 aliphatic carbocycles. The molecule has 27 heavy (non-hydrogen) atoms. The standard InChI is InChI=1S/C18H21ClN2O6/c1-25-13(11-20-7-9-26-10-8-20)15(18(23)24)21-17(22)14(19)16(27-21)12-5-3-2-4-6-12/h2-6,13,15H,7-11H2,1H3,(H,23,24).